The van der Waals surface area contributed by atoms with Crippen LogP contribution in [0.2, 0.25) is 5.02 Å². The van der Waals surface area contributed by atoms with Crippen molar-refractivity contribution >= 4 is 23.5 Å². The standard InChI is InChI=1S/C13H16ClNO3/c1-2-3-8-11(13(17)18)15-12(16)9-6-4-5-7-10(9)14/h4-7,11H,2-3,8H2,1H3,(H,15,16)(H,17,18)/p-1/t11-/m0/s1. The molecule has 1 aromatic carbocycles. The summed E-state index contributed by atoms with van der Waals surface area (Å²) >= 11 is 5.86. The number of halogens is 1. The fraction of sp³-hybridized carbons (Fsp3) is 0.385. The molecule has 0 aliphatic heterocycles. The maximum absolute atomic E-state index is 11.9. The van der Waals surface area contributed by atoms with Crippen molar-refractivity contribution < 1.29 is 14.7 Å². The number of hydrogen-bond acceptors (Lipinski definition) is 3. The largest absolute Gasteiger partial charge is 0.548 e. The van der Waals surface area contributed by atoms with E-state index in [0.717, 1.165) is 6.42 Å². The number of aliphatic carboxylic acids is 1. The van der Waals surface area contributed by atoms with Crippen LogP contribution in [0.4, 0.5) is 0 Å². The van der Waals surface area contributed by atoms with E-state index in [4.69, 9.17) is 11.6 Å². The Bertz CT molecular complexity index is 434. The fourth-order valence-electron chi connectivity index (χ4n) is 1.54. The third kappa shape index (κ3) is 4.04. The average Bonchev–Trinajstić information content (AvgIpc) is 2.34. The minimum atomic E-state index is -1.27. The first kappa shape index (κ1) is 14.5. The van der Waals surface area contributed by atoms with E-state index in [1.165, 1.54) is 0 Å². The Balaban J connectivity index is 2.72. The van der Waals surface area contributed by atoms with Crippen LogP contribution < -0.4 is 10.4 Å². The fourth-order valence-corrected chi connectivity index (χ4v) is 1.76. The van der Waals surface area contributed by atoms with E-state index in [2.05, 4.69) is 5.32 Å². The Morgan fingerprint density at radius 1 is 1.39 bits per heavy atom. The maximum atomic E-state index is 11.9. The number of rotatable bonds is 6. The Kier molecular flexibility index (Phi) is 5.65. The highest BCUT2D eigenvalue weighted by molar-refractivity contribution is 6.33. The van der Waals surface area contributed by atoms with Gasteiger partial charge in [-0.2, -0.15) is 0 Å². The quantitative estimate of drug-likeness (QED) is 0.847. The number of hydrogen-bond donors (Lipinski definition) is 1. The number of carbonyl (C=O) groups excluding carboxylic acids is 2. The Morgan fingerprint density at radius 2 is 2.06 bits per heavy atom. The summed E-state index contributed by atoms with van der Waals surface area (Å²) in [7, 11) is 0. The predicted octanol–water partition coefficient (Wildman–Crippen LogP) is 1.38. The summed E-state index contributed by atoms with van der Waals surface area (Å²) < 4.78 is 0. The van der Waals surface area contributed by atoms with Crippen molar-refractivity contribution in [1.29, 1.82) is 0 Å². The van der Waals surface area contributed by atoms with E-state index in [0.29, 0.717) is 17.9 Å². The summed E-state index contributed by atoms with van der Waals surface area (Å²) in [6.45, 7) is 1.95. The molecular weight excluding hydrogens is 254 g/mol. The van der Waals surface area contributed by atoms with Gasteiger partial charge in [0.05, 0.1) is 22.6 Å². The SMILES string of the molecule is CCCC[C@H](NC(=O)c1ccccc1Cl)C(=O)[O-]. The molecule has 0 heterocycles. The van der Waals surface area contributed by atoms with Crippen molar-refractivity contribution in [2.24, 2.45) is 0 Å². The van der Waals surface area contributed by atoms with Crippen LogP contribution in [-0.2, 0) is 4.79 Å². The number of amides is 1. The van der Waals surface area contributed by atoms with Gasteiger partial charge in [-0.25, -0.2) is 0 Å². The Hall–Kier alpha value is -1.55. The Morgan fingerprint density at radius 3 is 2.61 bits per heavy atom. The molecule has 0 unspecified atom stereocenters. The molecule has 0 spiro atoms. The zero-order chi connectivity index (χ0) is 13.5. The highest BCUT2D eigenvalue weighted by Gasteiger charge is 2.16. The lowest BCUT2D eigenvalue weighted by atomic mass is 10.1. The van der Waals surface area contributed by atoms with Crippen molar-refractivity contribution in [3.63, 3.8) is 0 Å². The van der Waals surface area contributed by atoms with Crippen LogP contribution in [0.3, 0.4) is 0 Å². The number of carboxylic acids is 1. The van der Waals surface area contributed by atoms with Gasteiger partial charge in [0.15, 0.2) is 0 Å². The van der Waals surface area contributed by atoms with Crippen LogP contribution >= 0.6 is 11.6 Å². The summed E-state index contributed by atoms with van der Waals surface area (Å²) in [5.74, 6) is -1.77. The van der Waals surface area contributed by atoms with Gasteiger partial charge in [0.25, 0.3) is 5.91 Å². The molecule has 0 aromatic heterocycles. The molecule has 0 aliphatic carbocycles. The van der Waals surface area contributed by atoms with Gasteiger partial charge < -0.3 is 15.2 Å². The normalized spacial score (nSPS) is 11.9. The first-order valence-corrected chi connectivity index (χ1v) is 6.20. The number of carboxylic acid groups (broad SMARTS) is 1. The first-order chi connectivity index (χ1) is 8.56. The number of nitrogens with one attached hydrogen (secondary N) is 1. The Labute approximate surface area is 111 Å². The molecule has 0 radical (unpaired) electrons. The molecule has 4 nitrogen and oxygen atoms in total. The molecule has 1 amide bonds. The van der Waals surface area contributed by atoms with E-state index in [1.54, 1.807) is 24.3 Å². The van der Waals surface area contributed by atoms with E-state index in [-0.39, 0.29) is 5.56 Å². The average molecular weight is 269 g/mol. The zero-order valence-electron chi connectivity index (χ0n) is 10.1. The van der Waals surface area contributed by atoms with Gasteiger partial charge >= 0.3 is 0 Å². The molecule has 5 heteroatoms. The number of benzene rings is 1. The molecule has 0 bridgehead atoms. The molecule has 98 valence electrons. The van der Waals surface area contributed by atoms with E-state index in [1.807, 2.05) is 6.92 Å². The number of unbranched alkanes of at least 4 members (excludes halogenated alkanes) is 1. The topological polar surface area (TPSA) is 69.2 Å². The van der Waals surface area contributed by atoms with Gasteiger partial charge in [-0.1, -0.05) is 43.5 Å². The summed E-state index contributed by atoms with van der Waals surface area (Å²) in [6, 6.07) is 5.52. The van der Waals surface area contributed by atoms with Gasteiger partial charge in [-0.05, 0) is 18.6 Å². The smallest absolute Gasteiger partial charge is 0.253 e. The molecule has 18 heavy (non-hydrogen) atoms. The van der Waals surface area contributed by atoms with E-state index >= 15 is 0 Å². The molecule has 0 saturated carbocycles. The summed E-state index contributed by atoms with van der Waals surface area (Å²) in [5, 5.41) is 13.6. The van der Waals surface area contributed by atoms with Gasteiger partial charge in [0, 0.05) is 0 Å². The van der Waals surface area contributed by atoms with Crippen molar-refractivity contribution in [3.8, 4) is 0 Å². The molecule has 0 fully saturated rings. The summed E-state index contributed by atoms with van der Waals surface area (Å²) in [5.41, 5.74) is 0.266. The van der Waals surface area contributed by atoms with Crippen LogP contribution in [0.5, 0.6) is 0 Å². The van der Waals surface area contributed by atoms with Gasteiger partial charge in [0.2, 0.25) is 0 Å². The molecule has 1 rings (SSSR count). The molecule has 1 atom stereocenters. The van der Waals surface area contributed by atoms with Crippen LogP contribution in [0.15, 0.2) is 24.3 Å². The lowest BCUT2D eigenvalue weighted by Gasteiger charge is -2.19. The third-order valence-electron chi connectivity index (χ3n) is 2.55. The molecule has 0 aliphatic rings. The third-order valence-corrected chi connectivity index (χ3v) is 2.88. The van der Waals surface area contributed by atoms with Crippen LogP contribution in [0, 0.1) is 0 Å². The highest BCUT2D eigenvalue weighted by Crippen LogP contribution is 2.15. The number of carbonyl (C=O) groups is 2. The summed E-state index contributed by atoms with van der Waals surface area (Å²) in [6.07, 6.45) is 1.92. The second-order valence-electron chi connectivity index (χ2n) is 3.97. The van der Waals surface area contributed by atoms with Crippen LogP contribution in [-0.4, -0.2) is 17.9 Å². The van der Waals surface area contributed by atoms with Gasteiger partial charge in [-0.15, -0.1) is 0 Å². The first-order valence-electron chi connectivity index (χ1n) is 5.82. The minimum absolute atomic E-state index is 0.266. The van der Waals surface area contributed by atoms with Gasteiger partial charge in [0.1, 0.15) is 0 Å². The summed E-state index contributed by atoms with van der Waals surface area (Å²) in [4.78, 5) is 22.8. The zero-order valence-corrected chi connectivity index (χ0v) is 10.9. The van der Waals surface area contributed by atoms with E-state index in [9.17, 15) is 14.7 Å². The molecular formula is C13H15ClNO3-. The molecule has 1 aromatic rings. The molecule has 0 saturated heterocycles. The van der Waals surface area contributed by atoms with Crippen molar-refractivity contribution in [2.75, 3.05) is 0 Å². The maximum Gasteiger partial charge on any atom is 0.253 e. The van der Waals surface area contributed by atoms with Gasteiger partial charge in [-0.3, -0.25) is 4.79 Å². The second-order valence-corrected chi connectivity index (χ2v) is 4.37. The minimum Gasteiger partial charge on any atom is -0.548 e. The lowest BCUT2D eigenvalue weighted by molar-refractivity contribution is -0.308. The lowest BCUT2D eigenvalue weighted by Crippen LogP contribution is -2.47. The van der Waals surface area contributed by atoms with Crippen molar-refractivity contribution in [3.05, 3.63) is 34.9 Å². The molecule has 1 N–H and O–H groups in total. The predicted molar refractivity (Wildman–Crippen MR) is 67.2 cm³/mol. The van der Waals surface area contributed by atoms with Crippen LogP contribution in [0.25, 0.3) is 0 Å². The monoisotopic (exact) mass is 268 g/mol. The second kappa shape index (κ2) is 7.01. The van der Waals surface area contributed by atoms with Crippen molar-refractivity contribution in [1.82, 2.24) is 5.32 Å². The van der Waals surface area contributed by atoms with Crippen molar-refractivity contribution in [2.45, 2.75) is 32.2 Å². The van der Waals surface area contributed by atoms with E-state index < -0.39 is 17.9 Å². The highest BCUT2D eigenvalue weighted by atomic mass is 35.5. The van der Waals surface area contributed by atoms with Crippen LogP contribution in [0.1, 0.15) is 36.5 Å².